The molecule has 0 atom stereocenters. The molecule has 1 heterocycles. The van der Waals surface area contributed by atoms with Gasteiger partial charge in [0.25, 0.3) is 0 Å². The van der Waals surface area contributed by atoms with Crippen LogP contribution in [0, 0.1) is 5.92 Å². The molecule has 1 aliphatic heterocycles. The topological polar surface area (TPSA) is 44.4 Å². The molecule has 118 valence electrons. The number of hydrogen-bond acceptors (Lipinski definition) is 3. The molecule has 1 amide bonds. The molecule has 0 bridgehead atoms. The molecule has 2 N–H and O–H groups in total. The summed E-state index contributed by atoms with van der Waals surface area (Å²) in [6, 6.07) is 0. The zero-order valence-corrected chi connectivity index (χ0v) is 10.4. The van der Waals surface area contributed by atoms with Crippen LogP contribution in [-0.2, 0) is 4.79 Å². The van der Waals surface area contributed by atoms with E-state index in [2.05, 4.69) is 5.32 Å². The van der Waals surface area contributed by atoms with Crippen LogP contribution in [0.4, 0.5) is 26.3 Å². The van der Waals surface area contributed by atoms with E-state index in [1.807, 2.05) is 4.90 Å². The van der Waals surface area contributed by atoms with Crippen LogP contribution in [0.2, 0.25) is 0 Å². The first-order chi connectivity index (χ1) is 9.12. The molecule has 20 heavy (non-hydrogen) atoms. The highest BCUT2D eigenvalue weighted by Crippen LogP contribution is 2.39. The van der Waals surface area contributed by atoms with E-state index >= 15 is 0 Å². The molecule has 0 spiro atoms. The van der Waals surface area contributed by atoms with Gasteiger partial charge in [-0.1, -0.05) is 0 Å². The van der Waals surface area contributed by atoms with E-state index < -0.39 is 24.2 Å². The molecule has 0 saturated carbocycles. The Kier molecular flexibility index (Phi) is 5.63. The molecular weight excluding hydrogens is 292 g/mol. The van der Waals surface area contributed by atoms with E-state index in [0.717, 1.165) is 0 Å². The summed E-state index contributed by atoms with van der Waals surface area (Å²) in [7, 11) is 0. The van der Waals surface area contributed by atoms with Crippen molar-refractivity contribution in [2.45, 2.75) is 12.4 Å². The number of hydrogen-bond donors (Lipinski definition) is 2. The highest BCUT2D eigenvalue weighted by molar-refractivity contribution is 5.80. The normalized spacial score (nSPS) is 18.4. The van der Waals surface area contributed by atoms with E-state index in [9.17, 15) is 31.1 Å². The van der Waals surface area contributed by atoms with Gasteiger partial charge in [-0.25, -0.2) is 0 Å². The van der Waals surface area contributed by atoms with Gasteiger partial charge >= 0.3 is 12.4 Å². The van der Waals surface area contributed by atoms with Crippen molar-refractivity contribution in [3.63, 3.8) is 0 Å². The monoisotopic (exact) mass is 307 g/mol. The Morgan fingerprint density at radius 3 is 2.05 bits per heavy atom. The van der Waals surface area contributed by atoms with Crippen LogP contribution in [0.1, 0.15) is 0 Å². The minimum Gasteiger partial charge on any atom is -0.354 e. The zero-order chi connectivity index (χ0) is 15.4. The van der Waals surface area contributed by atoms with Crippen molar-refractivity contribution in [3.05, 3.63) is 0 Å². The Balaban J connectivity index is 2.46. The number of carbonyl (C=O) groups excluding carboxylic acids is 1. The average molecular weight is 307 g/mol. The Hall–Kier alpha value is -1.03. The zero-order valence-electron chi connectivity index (χ0n) is 10.4. The first-order valence-electron chi connectivity index (χ1n) is 5.96. The summed E-state index contributed by atoms with van der Waals surface area (Å²) in [5.74, 6) is -6.03. The van der Waals surface area contributed by atoms with Crippen molar-refractivity contribution < 1.29 is 31.1 Å². The fourth-order valence-corrected chi connectivity index (χ4v) is 1.86. The number of alkyl halides is 6. The highest BCUT2D eigenvalue weighted by Gasteiger charge is 2.60. The van der Waals surface area contributed by atoms with Gasteiger partial charge in [-0.15, -0.1) is 0 Å². The largest absolute Gasteiger partial charge is 0.409 e. The third kappa shape index (κ3) is 5.16. The summed E-state index contributed by atoms with van der Waals surface area (Å²) < 4.78 is 73.5. The lowest BCUT2D eigenvalue weighted by atomic mass is 10.1. The molecule has 0 aliphatic carbocycles. The first kappa shape index (κ1) is 17.0. The molecule has 1 aliphatic rings. The Morgan fingerprint density at radius 1 is 1.10 bits per heavy atom. The number of carbonyl (C=O) groups is 1. The second-order valence-electron chi connectivity index (χ2n) is 4.40. The maximum absolute atomic E-state index is 12.2. The van der Waals surface area contributed by atoms with Crippen LogP contribution < -0.4 is 10.6 Å². The second kappa shape index (κ2) is 6.61. The van der Waals surface area contributed by atoms with Gasteiger partial charge in [-0.3, -0.25) is 9.69 Å². The average Bonchev–Trinajstić information content (AvgIpc) is 2.26. The van der Waals surface area contributed by atoms with Crippen LogP contribution in [0.25, 0.3) is 0 Å². The summed E-state index contributed by atoms with van der Waals surface area (Å²) >= 11 is 0. The van der Waals surface area contributed by atoms with Gasteiger partial charge in [-0.05, 0) is 0 Å². The van der Waals surface area contributed by atoms with Crippen molar-refractivity contribution in [1.29, 1.82) is 0 Å². The highest BCUT2D eigenvalue weighted by atomic mass is 19.4. The van der Waals surface area contributed by atoms with Crippen molar-refractivity contribution in [2.24, 2.45) is 5.92 Å². The number of piperazine rings is 1. The quantitative estimate of drug-likeness (QED) is 0.753. The summed E-state index contributed by atoms with van der Waals surface area (Å²) in [6.07, 6.45) is -11.3. The number of nitrogens with zero attached hydrogens (tertiary/aromatic N) is 1. The van der Waals surface area contributed by atoms with Crippen molar-refractivity contribution >= 4 is 5.91 Å². The molecule has 0 unspecified atom stereocenters. The Labute approximate surface area is 111 Å². The van der Waals surface area contributed by atoms with Gasteiger partial charge in [0.2, 0.25) is 11.8 Å². The summed E-state index contributed by atoms with van der Waals surface area (Å²) in [5, 5.41) is 4.75. The molecule has 0 radical (unpaired) electrons. The van der Waals surface area contributed by atoms with E-state index in [0.29, 0.717) is 26.2 Å². The van der Waals surface area contributed by atoms with Crippen LogP contribution in [0.5, 0.6) is 0 Å². The maximum atomic E-state index is 12.2. The van der Waals surface area contributed by atoms with Gasteiger partial charge in [0.05, 0.1) is 0 Å². The number of rotatable bonds is 4. The predicted octanol–water partition coefficient (Wildman–Crippen LogP) is 0.749. The lowest BCUT2D eigenvalue weighted by molar-refractivity contribution is -0.274. The maximum Gasteiger partial charge on any atom is 0.409 e. The number of amides is 1. The standard InChI is InChI=1S/C10H15F6N3O/c11-9(12,13)7(10(14,15)16)8(20)18-3-6-19-4-1-17-2-5-19/h7,17H,1-6H2,(H,18,20). The minimum atomic E-state index is -5.64. The smallest absolute Gasteiger partial charge is 0.354 e. The van der Waals surface area contributed by atoms with Crippen molar-refractivity contribution in [2.75, 3.05) is 39.3 Å². The second-order valence-corrected chi connectivity index (χ2v) is 4.40. The Morgan fingerprint density at radius 2 is 1.60 bits per heavy atom. The summed E-state index contributed by atoms with van der Waals surface area (Å²) in [6.45, 7) is 2.64. The first-order valence-corrected chi connectivity index (χ1v) is 5.96. The van der Waals surface area contributed by atoms with Crippen molar-refractivity contribution in [1.82, 2.24) is 15.5 Å². The van der Waals surface area contributed by atoms with E-state index in [4.69, 9.17) is 0 Å². The predicted molar refractivity (Wildman–Crippen MR) is 57.9 cm³/mol. The SMILES string of the molecule is O=C(NCCN1CCNCC1)C(C(F)(F)F)C(F)(F)F. The molecule has 0 aromatic rings. The van der Waals surface area contributed by atoms with Crippen LogP contribution in [-0.4, -0.2) is 62.4 Å². The van der Waals surface area contributed by atoms with Gasteiger partial charge in [0.1, 0.15) is 0 Å². The third-order valence-corrected chi connectivity index (χ3v) is 2.85. The van der Waals surface area contributed by atoms with E-state index in [1.54, 1.807) is 5.32 Å². The fourth-order valence-electron chi connectivity index (χ4n) is 1.86. The third-order valence-electron chi connectivity index (χ3n) is 2.85. The molecule has 4 nitrogen and oxygen atoms in total. The molecule has 0 aromatic heterocycles. The molecule has 1 rings (SSSR count). The van der Waals surface area contributed by atoms with Gasteiger partial charge in [0, 0.05) is 39.3 Å². The van der Waals surface area contributed by atoms with Gasteiger partial charge in [0.15, 0.2) is 0 Å². The molecule has 1 saturated heterocycles. The number of halogens is 6. The molecule has 10 heteroatoms. The summed E-state index contributed by atoms with van der Waals surface area (Å²) in [5.41, 5.74) is 0. The van der Waals surface area contributed by atoms with E-state index in [-0.39, 0.29) is 13.1 Å². The van der Waals surface area contributed by atoms with Crippen LogP contribution in [0.15, 0.2) is 0 Å². The number of nitrogens with one attached hydrogen (secondary N) is 2. The summed E-state index contributed by atoms with van der Waals surface area (Å²) in [4.78, 5) is 12.9. The van der Waals surface area contributed by atoms with Crippen LogP contribution in [0.3, 0.4) is 0 Å². The van der Waals surface area contributed by atoms with Crippen molar-refractivity contribution in [3.8, 4) is 0 Å². The fraction of sp³-hybridized carbons (Fsp3) is 0.900. The van der Waals surface area contributed by atoms with Gasteiger partial charge < -0.3 is 10.6 Å². The molecule has 1 fully saturated rings. The van der Waals surface area contributed by atoms with Crippen LogP contribution >= 0.6 is 0 Å². The molecule has 0 aromatic carbocycles. The van der Waals surface area contributed by atoms with Gasteiger partial charge in [-0.2, -0.15) is 26.3 Å². The Bertz CT molecular complexity index is 310. The lowest BCUT2D eigenvalue weighted by Crippen LogP contribution is -2.50. The van der Waals surface area contributed by atoms with E-state index in [1.165, 1.54) is 0 Å². The lowest BCUT2D eigenvalue weighted by Gasteiger charge is -2.27. The molecular formula is C10H15F6N3O. The minimum absolute atomic E-state index is 0.218.